The van der Waals surface area contributed by atoms with Crippen LogP contribution in [0.4, 0.5) is 4.79 Å². The minimum absolute atomic E-state index is 0.0707. The van der Waals surface area contributed by atoms with E-state index in [9.17, 15) is 24.6 Å². The van der Waals surface area contributed by atoms with Gasteiger partial charge in [-0.2, -0.15) is 0 Å². The molecule has 4 N–H and O–H groups in total. The number of rotatable bonds is 12. The summed E-state index contributed by atoms with van der Waals surface area (Å²) in [5.74, 6) is -0.842. The number of nitrogens with one attached hydrogen (secondary N) is 2. The lowest BCUT2D eigenvalue weighted by atomic mass is 9.97. The van der Waals surface area contributed by atoms with E-state index < -0.39 is 29.7 Å². The Morgan fingerprint density at radius 1 is 1.00 bits per heavy atom. The van der Waals surface area contributed by atoms with Crippen molar-refractivity contribution in [2.24, 2.45) is 0 Å². The quantitative estimate of drug-likeness (QED) is 0.309. The first-order valence-electron chi connectivity index (χ1n) is 13.8. The van der Waals surface area contributed by atoms with Crippen LogP contribution in [0.15, 0.2) is 42.5 Å². The zero-order valence-electron chi connectivity index (χ0n) is 24.8. The van der Waals surface area contributed by atoms with Gasteiger partial charge in [0, 0.05) is 19.0 Å². The summed E-state index contributed by atoms with van der Waals surface area (Å²) in [6.07, 6.45) is 0.942. The highest BCUT2D eigenvalue weighted by Gasteiger charge is 2.36. The van der Waals surface area contributed by atoms with Gasteiger partial charge in [0.15, 0.2) is 0 Å². The fraction of sp³-hybridized carbons (Fsp3) is 0.516. The second-order valence-electron chi connectivity index (χ2n) is 11.3. The molecule has 0 saturated carbocycles. The van der Waals surface area contributed by atoms with Gasteiger partial charge in [-0.1, -0.05) is 54.8 Å². The number of nitrogens with zero attached hydrogens (tertiary/aromatic N) is 1. The van der Waals surface area contributed by atoms with Crippen molar-refractivity contribution in [3.05, 3.63) is 64.7 Å². The van der Waals surface area contributed by atoms with Crippen LogP contribution in [-0.4, -0.2) is 63.9 Å². The number of alkyl carbamates (subject to hydrolysis) is 1. The number of ether oxygens (including phenoxy) is 1. The van der Waals surface area contributed by atoms with Gasteiger partial charge in [-0.05, 0) is 71.2 Å². The first-order chi connectivity index (χ1) is 18.7. The average Bonchev–Trinajstić information content (AvgIpc) is 2.82. The van der Waals surface area contributed by atoms with Crippen LogP contribution >= 0.6 is 0 Å². The summed E-state index contributed by atoms with van der Waals surface area (Å²) < 4.78 is 5.43. The molecule has 0 spiro atoms. The third kappa shape index (κ3) is 10.2. The maximum atomic E-state index is 14.2. The molecule has 9 heteroatoms. The minimum atomic E-state index is -1.11. The maximum Gasteiger partial charge on any atom is 0.408 e. The minimum Gasteiger partial charge on any atom is -0.508 e. The molecule has 3 atom stereocenters. The number of aliphatic hydroxyl groups excluding tert-OH is 1. The van der Waals surface area contributed by atoms with Crippen molar-refractivity contribution in [1.82, 2.24) is 15.5 Å². The van der Waals surface area contributed by atoms with Gasteiger partial charge >= 0.3 is 6.09 Å². The molecule has 2 aromatic rings. The van der Waals surface area contributed by atoms with Crippen LogP contribution in [0.5, 0.6) is 5.75 Å². The molecular weight excluding hydrogens is 510 g/mol. The van der Waals surface area contributed by atoms with Gasteiger partial charge in [0.05, 0.1) is 6.61 Å². The Bertz CT molecular complexity index is 1120. The van der Waals surface area contributed by atoms with Crippen molar-refractivity contribution < 1.29 is 29.3 Å². The number of aliphatic hydroxyl groups is 1. The summed E-state index contributed by atoms with van der Waals surface area (Å²) in [6.45, 7) is 12.4. The van der Waals surface area contributed by atoms with Crippen molar-refractivity contribution in [2.45, 2.75) is 91.5 Å². The number of carbonyl (C=O) groups is 3. The van der Waals surface area contributed by atoms with Gasteiger partial charge in [0.2, 0.25) is 11.8 Å². The van der Waals surface area contributed by atoms with Gasteiger partial charge in [-0.15, -0.1) is 0 Å². The van der Waals surface area contributed by atoms with Gasteiger partial charge in [-0.25, -0.2) is 4.79 Å². The van der Waals surface area contributed by atoms with Crippen LogP contribution in [0, 0.1) is 13.8 Å². The Morgan fingerprint density at radius 3 is 2.12 bits per heavy atom. The molecule has 0 radical (unpaired) electrons. The summed E-state index contributed by atoms with van der Waals surface area (Å²) in [7, 11) is 0. The number of aryl methyl sites for hydroxylation is 2. The number of hydrogen-bond donors (Lipinski definition) is 4. The highest BCUT2D eigenvalue weighted by molar-refractivity contribution is 5.92. The Balaban J connectivity index is 2.56. The van der Waals surface area contributed by atoms with Crippen molar-refractivity contribution >= 4 is 17.9 Å². The normalized spacial score (nSPS) is 13.6. The summed E-state index contributed by atoms with van der Waals surface area (Å²) in [5, 5.41) is 25.4. The van der Waals surface area contributed by atoms with Crippen LogP contribution in [-0.2, 0) is 20.7 Å². The number of amides is 3. The van der Waals surface area contributed by atoms with Crippen LogP contribution in [0.3, 0.4) is 0 Å². The third-order valence-corrected chi connectivity index (χ3v) is 6.22. The zero-order valence-corrected chi connectivity index (χ0v) is 24.8. The molecule has 0 bridgehead atoms. The van der Waals surface area contributed by atoms with E-state index in [-0.39, 0.29) is 37.3 Å². The van der Waals surface area contributed by atoms with Crippen molar-refractivity contribution in [1.29, 1.82) is 0 Å². The van der Waals surface area contributed by atoms with Gasteiger partial charge in [-0.3, -0.25) is 9.59 Å². The average molecular weight is 556 g/mol. The lowest BCUT2D eigenvalue weighted by molar-refractivity contribution is -0.143. The fourth-order valence-electron chi connectivity index (χ4n) is 4.66. The monoisotopic (exact) mass is 555 g/mol. The largest absolute Gasteiger partial charge is 0.508 e. The zero-order chi connectivity index (χ0) is 30.0. The second kappa shape index (κ2) is 14.7. The van der Waals surface area contributed by atoms with Gasteiger partial charge in [0.25, 0.3) is 0 Å². The molecule has 0 fully saturated rings. The van der Waals surface area contributed by atoms with E-state index >= 15 is 0 Å². The molecule has 9 nitrogen and oxygen atoms in total. The number of benzene rings is 2. The first kappa shape index (κ1) is 32.6. The molecule has 0 aliphatic rings. The van der Waals surface area contributed by atoms with Crippen molar-refractivity contribution in [3.8, 4) is 5.75 Å². The Labute approximate surface area is 237 Å². The number of aromatic hydroxyl groups is 1. The van der Waals surface area contributed by atoms with Crippen LogP contribution in [0.2, 0.25) is 0 Å². The fourth-order valence-corrected chi connectivity index (χ4v) is 4.66. The molecule has 0 aliphatic heterocycles. The SMILES string of the molecule is CCCC(C)NC(=O)C(c1cc(C)cc(C)c1)N(CCO)C(=O)C(Cc1ccc(O)cc1)NC(=O)OC(C)(C)C. The summed E-state index contributed by atoms with van der Waals surface area (Å²) >= 11 is 0. The first-order valence-corrected chi connectivity index (χ1v) is 13.8. The van der Waals surface area contributed by atoms with Crippen molar-refractivity contribution in [3.63, 3.8) is 0 Å². The molecule has 0 aromatic heterocycles. The topological polar surface area (TPSA) is 128 Å². The van der Waals surface area contributed by atoms with E-state index in [1.165, 1.54) is 17.0 Å². The van der Waals surface area contributed by atoms with Crippen LogP contribution in [0.25, 0.3) is 0 Å². The van der Waals surface area contributed by atoms with E-state index in [1.807, 2.05) is 45.9 Å². The molecule has 220 valence electrons. The molecule has 0 heterocycles. The summed E-state index contributed by atoms with van der Waals surface area (Å²) in [6, 6.07) is 9.73. The maximum absolute atomic E-state index is 14.2. The third-order valence-electron chi connectivity index (χ3n) is 6.22. The molecule has 40 heavy (non-hydrogen) atoms. The Hall–Kier alpha value is -3.59. The highest BCUT2D eigenvalue weighted by atomic mass is 16.6. The van der Waals surface area contributed by atoms with E-state index in [4.69, 9.17) is 4.74 Å². The number of phenolic OH excluding ortho intramolecular Hbond substituents is 1. The lowest BCUT2D eigenvalue weighted by Crippen LogP contribution is -2.55. The summed E-state index contributed by atoms with van der Waals surface area (Å²) in [5.41, 5.74) is 2.36. The number of hydrogen-bond acceptors (Lipinski definition) is 6. The predicted octanol–water partition coefficient (Wildman–Crippen LogP) is 4.31. The van der Waals surface area contributed by atoms with E-state index in [0.717, 1.165) is 24.0 Å². The second-order valence-corrected chi connectivity index (χ2v) is 11.3. The van der Waals surface area contributed by atoms with Gasteiger partial charge in [0.1, 0.15) is 23.4 Å². The molecule has 2 aromatic carbocycles. The molecule has 3 amide bonds. The van der Waals surface area contributed by atoms with Crippen molar-refractivity contribution in [2.75, 3.05) is 13.2 Å². The molecule has 0 saturated heterocycles. The van der Waals surface area contributed by atoms with E-state index in [0.29, 0.717) is 11.1 Å². The lowest BCUT2D eigenvalue weighted by Gasteiger charge is -2.35. The predicted molar refractivity (Wildman–Crippen MR) is 155 cm³/mol. The Kier molecular flexibility index (Phi) is 12.0. The van der Waals surface area contributed by atoms with Crippen LogP contribution < -0.4 is 10.6 Å². The van der Waals surface area contributed by atoms with E-state index in [1.54, 1.807) is 32.9 Å². The highest BCUT2D eigenvalue weighted by Crippen LogP contribution is 2.26. The molecular formula is C31H45N3O6. The Morgan fingerprint density at radius 2 is 1.60 bits per heavy atom. The smallest absolute Gasteiger partial charge is 0.408 e. The molecule has 2 rings (SSSR count). The summed E-state index contributed by atoms with van der Waals surface area (Å²) in [4.78, 5) is 42.1. The molecule has 0 aliphatic carbocycles. The van der Waals surface area contributed by atoms with E-state index in [2.05, 4.69) is 10.6 Å². The number of carbonyl (C=O) groups excluding carboxylic acids is 3. The van der Waals surface area contributed by atoms with Crippen LogP contribution in [0.1, 0.15) is 75.8 Å². The van der Waals surface area contributed by atoms with Gasteiger partial charge < -0.3 is 30.5 Å². The molecule has 3 unspecified atom stereocenters. The number of phenols is 1. The standard InChI is InChI=1S/C31H45N3O6/c1-8-9-22(4)32-28(37)27(24-17-20(2)16-21(3)18-24)34(14-15-35)29(38)26(33-30(39)40-31(5,6)7)19-23-10-12-25(36)13-11-23/h10-13,16-18,22,26-27,35-36H,8-9,14-15,19H2,1-7H3,(H,32,37)(H,33,39).